The second-order valence-corrected chi connectivity index (χ2v) is 10.1. The van der Waals surface area contributed by atoms with Crippen LogP contribution in [0.2, 0.25) is 0 Å². The van der Waals surface area contributed by atoms with Crippen LogP contribution in [0.5, 0.6) is 0 Å². The second-order valence-electron chi connectivity index (χ2n) is 7.79. The van der Waals surface area contributed by atoms with Crippen LogP contribution in [0, 0.1) is 6.92 Å². The van der Waals surface area contributed by atoms with E-state index in [1.54, 1.807) is 34.1 Å². The molecule has 0 bridgehead atoms. The summed E-state index contributed by atoms with van der Waals surface area (Å²) in [5, 5.41) is 6.97. The van der Waals surface area contributed by atoms with Gasteiger partial charge in [0.1, 0.15) is 0 Å². The van der Waals surface area contributed by atoms with Gasteiger partial charge in [0.25, 0.3) is 5.89 Å². The predicted octanol–water partition coefficient (Wildman–Crippen LogP) is 3.84. The number of hydrogen-bond donors (Lipinski definition) is 0. The van der Waals surface area contributed by atoms with Gasteiger partial charge in [-0.3, -0.25) is 4.90 Å². The number of amides is 2. The molecular weight excluding hydrogens is 454 g/mol. The lowest BCUT2D eigenvalue weighted by Gasteiger charge is -2.33. The standard InChI is InChI=1S/C22H22F2N4O4S/c1-15-3-2-4-18(13-15)28(22(29)27-9-11-33(30,31)12-10-27)14-16-5-7-17(8-6-16)20-25-26-21(32-20)19(23)24/h2-8,13,19H,9-12,14H2,1H3. The van der Waals surface area contributed by atoms with E-state index in [9.17, 15) is 22.0 Å². The molecule has 0 spiro atoms. The highest BCUT2D eigenvalue weighted by Gasteiger charge is 2.29. The Bertz CT molecular complexity index is 1230. The van der Waals surface area contributed by atoms with Crippen molar-refractivity contribution in [2.24, 2.45) is 0 Å². The van der Waals surface area contributed by atoms with Crippen molar-refractivity contribution in [1.29, 1.82) is 0 Å². The number of carbonyl (C=O) groups is 1. The van der Waals surface area contributed by atoms with Gasteiger partial charge in [-0.2, -0.15) is 8.78 Å². The number of alkyl halides is 2. The smallest absolute Gasteiger partial charge is 0.324 e. The molecule has 0 unspecified atom stereocenters. The van der Waals surface area contributed by atoms with E-state index < -0.39 is 22.2 Å². The fraction of sp³-hybridized carbons (Fsp3) is 0.318. The number of halogens is 2. The van der Waals surface area contributed by atoms with Crippen molar-refractivity contribution in [2.45, 2.75) is 19.9 Å². The molecule has 0 radical (unpaired) electrons. The number of aryl methyl sites for hydroxylation is 1. The number of anilines is 1. The minimum atomic E-state index is -3.12. The van der Waals surface area contributed by atoms with Gasteiger partial charge in [0, 0.05) is 24.3 Å². The number of carbonyl (C=O) groups excluding carboxylic acids is 1. The summed E-state index contributed by atoms with van der Waals surface area (Å²) in [7, 11) is -3.12. The number of urea groups is 1. The molecule has 174 valence electrons. The molecule has 0 saturated carbocycles. The third kappa shape index (κ3) is 5.36. The van der Waals surface area contributed by atoms with Gasteiger partial charge >= 0.3 is 12.5 Å². The first-order valence-corrected chi connectivity index (χ1v) is 12.1. The molecule has 0 atom stereocenters. The van der Waals surface area contributed by atoms with Gasteiger partial charge in [-0.1, -0.05) is 24.3 Å². The Hall–Kier alpha value is -3.34. The molecule has 2 heterocycles. The second kappa shape index (κ2) is 9.26. The van der Waals surface area contributed by atoms with Crippen molar-refractivity contribution in [3.8, 4) is 11.5 Å². The van der Waals surface area contributed by atoms with Crippen LogP contribution in [-0.4, -0.2) is 54.1 Å². The van der Waals surface area contributed by atoms with Crippen LogP contribution < -0.4 is 4.90 Å². The summed E-state index contributed by atoms with van der Waals surface area (Å²) in [5.41, 5.74) is 2.93. The molecule has 1 saturated heterocycles. The summed E-state index contributed by atoms with van der Waals surface area (Å²) in [5.74, 6) is -0.869. The van der Waals surface area contributed by atoms with Crippen LogP contribution in [0.3, 0.4) is 0 Å². The molecule has 2 aromatic carbocycles. The average molecular weight is 477 g/mol. The van der Waals surface area contributed by atoms with E-state index in [0.717, 1.165) is 11.1 Å². The fourth-order valence-corrected chi connectivity index (χ4v) is 4.72. The molecule has 4 rings (SSSR count). The number of benzene rings is 2. The first-order valence-electron chi connectivity index (χ1n) is 10.3. The number of hydrogen-bond acceptors (Lipinski definition) is 6. The van der Waals surface area contributed by atoms with E-state index in [1.165, 1.54) is 0 Å². The summed E-state index contributed by atoms with van der Waals surface area (Å²) in [4.78, 5) is 16.5. The van der Waals surface area contributed by atoms with E-state index in [4.69, 9.17) is 4.42 Å². The van der Waals surface area contributed by atoms with E-state index in [1.807, 2.05) is 31.2 Å². The molecule has 1 aliphatic rings. The maximum atomic E-state index is 13.3. The monoisotopic (exact) mass is 476 g/mol. The topological polar surface area (TPSA) is 96.6 Å². The molecule has 2 amide bonds. The maximum absolute atomic E-state index is 13.3. The summed E-state index contributed by atoms with van der Waals surface area (Å²) in [6.07, 6.45) is -2.84. The third-order valence-electron chi connectivity index (χ3n) is 5.33. The summed E-state index contributed by atoms with van der Waals surface area (Å²) >= 11 is 0. The van der Waals surface area contributed by atoms with Gasteiger partial charge < -0.3 is 9.32 Å². The van der Waals surface area contributed by atoms with Gasteiger partial charge in [-0.25, -0.2) is 13.2 Å². The summed E-state index contributed by atoms with van der Waals surface area (Å²) in [6, 6.07) is 14.0. The van der Waals surface area contributed by atoms with Crippen molar-refractivity contribution >= 4 is 21.6 Å². The molecule has 11 heteroatoms. The van der Waals surface area contributed by atoms with E-state index in [2.05, 4.69) is 10.2 Å². The highest BCUT2D eigenvalue weighted by Crippen LogP contribution is 2.25. The van der Waals surface area contributed by atoms with Crippen LogP contribution in [0.1, 0.15) is 23.4 Å². The number of aromatic nitrogens is 2. The van der Waals surface area contributed by atoms with Gasteiger partial charge in [0.05, 0.1) is 18.1 Å². The zero-order valence-corrected chi connectivity index (χ0v) is 18.6. The first-order chi connectivity index (χ1) is 15.7. The van der Waals surface area contributed by atoms with E-state index >= 15 is 0 Å². The first kappa shape index (κ1) is 22.8. The van der Waals surface area contributed by atoms with Crippen LogP contribution >= 0.6 is 0 Å². The van der Waals surface area contributed by atoms with Crippen LogP contribution in [0.4, 0.5) is 19.3 Å². The van der Waals surface area contributed by atoms with Gasteiger partial charge in [0.15, 0.2) is 9.84 Å². The number of sulfone groups is 1. The normalized spacial score (nSPS) is 15.6. The van der Waals surface area contributed by atoms with E-state index in [0.29, 0.717) is 11.3 Å². The lowest BCUT2D eigenvalue weighted by molar-refractivity contribution is 0.116. The Morgan fingerprint density at radius 3 is 2.42 bits per heavy atom. The van der Waals surface area contributed by atoms with Crippen molar-refractivity contribution in [3.05, 3.63) is 65.5 Å². The maximum Gasteiger partial charge on any atom is 0.324 e. The Labute approximate surface area is 189 Å². The van der Waals surface area contributed by atoms with Crippen molar-refractivity contribution in [2.75, 3.05) is 29.5 Å². The van der Waals surface area contributed by atoms with Crippen LogP contribution in [-0.2, 0) is 16.4 Å². The summed E-state index contributed by atoms with van der Waals surface area (Å²) < 4.78 is 53.9. The molecular formula is C22H22F2N4O4S. The molecule has 1 aromatic heterocycles. The zero-order valence-electron chi connectivity index (χ0n) is 17.8. The Balaban J connectivity index is 1.56. The molecule has 33 heavy (non-hydrogen) atoms. The molecule has 0 aliphatic carbocycles. The highest BCUT2D eigenvalue weighted by molar-refractivity contribution is 7.91. The SMILES string of the molecule is Cc1cccc(N(Cc2ccc(-c3nnc(C(F)F)o3)cc2)C(=O)N2CCS(=O)(=O)CC2)c1. The fourth-order valence-electron chi connectivity index (χ4n) is 3.51. The van der Waals surface area contributed by atoms with Gasteiger partial charge in [0.2, 0.25) is 5.89 Å². The Morgan fingerprint density at radius 1 is 1.12 bits per heavy atom. The Kier molecular flexibility index (Phi) is 6.41. The van der Waals surface area contributed by atoms with Crippen LogP contribution in [0.25, 0.3) is 11.5 Å². The minimum absolute atomic E-state index is 0.0157. The lowest BCUT2D eigenvalue weighted by Crippen LogP contribution is -2.49. The Morgan fingerprint density at radius 2 is 1.82 bits per heavy atom. The minimum Gasteiger partial charge on any atom is -0.415 e. The van der Waals surface area contributed by atoms with Crippen molar-refractivity contribution < 1.29 is 26.4 Å². The lowest BCUT2D eigenvalue weighted by atomic mass is 10.1. The van der Waals surface area contributed by atoms with Gasteiger partial charge in [-0.05, 0) is 42.3 Å². The third-order valence-corrected chi connectivity index (χ3v) is 6.94. The number of rotatable bonds is 5. The van der Waals surface area contributed by atoms with Crippen molar-refractivity contribution in [1.82, 2.24) is 15.1 Å². The van der Waals surface area contributed by atoms with E-state index in [-0.39, 0.29) is 43.1 Å². The summed E-state index contributed by atoms with van der Waals surface area (Å²) in [6.45, 7) is 2.45. The van der Waals surface area contributed by atoms with Gasteiger partial charge in [-0.15, -0.1) is 10.2 Å². The number of nitrogens with zero attached hydrogens (tertiary/aromatic N) is 4. The molecule has 0 N–H and O–H groups in total. The molecule has 8 nitrogen and oxygen atoms in total. The highest BCUT2D eigenvalue weighted by atomic mass is 32.2. The molecule has 1 aliphatic heterocycles. The average Bonchev–Trinajstić information content (AvgIpc) is 3.28. The quantitative estimate of drug-likeness (QED) is 0.555. The molecule has 1 fully saturated rings. The predicted molar refractivity (Wildman–Crippen MR) is 118 cm³/mol. The van der Waals surface area contributed by atoms with Crippen molar-refractivity contribution in [3.63, 3.8) is 0 Å². The van der Waals surface area contributed by atoms with Crippen LogP contribution in [0.15, 0.2) is 52.9 Å². The molecule has 3 aromatic rings. The zero-order chi connectivity index (χ0) is 23.6. The largest absolute Gasteiger partial charge is 0.415 e.